The second kappa shape index (κ2) is 9.32. The number of hydrazine groups is 1. The van der Waals surface area contributed by atoms with E-state index in [0.717, 1.165) is 36.8 Å². The third kappa shape index (κ3) is 4.27. The Morgan fingerprint density at radius 3 is 2.47 bits per heavy atom. The normalized spacial score (nSPS) is 18.8. The Morgan fingerprint density at radius 1 is 1.12 bits per heavy atom. The van der Waals surface area contributed by atoms with E-state index in [1.807, 2.05) is 35.3 Å². The van der Waals surface area contributed by atoms with E-state index in [0.29, 0.717) is 29.3 Å². The first kappa shape index (κ1) is 21.7. The predicted octanol–water partition coefficient (Wildman–Crippen LogP) is 2.08. The number of amides is 2. The van der Waals surface area contributed by atoms with E-state index in [-0.39, 0.29) is 18.0 Å². The molecule has 168 valence electrons. The standard InChI is InChI=1S/C24H29N5O3/c1-32-19-9-5-4-8-18(19)24(31)27-14-15-10-12-16(13-11-15)21-20(23(26)30)22(25)29(28-21)17-6-2-3-7-17/h4-5,8-13,17,21,28H,2-3,6-7,14,25H2,1H3,(H2,26,30)(H,27,31). The lowest BCUT2D eigenvalue weighted by Gasteiger charge is -2.28. The zero-order valence-electron chi connectivity index (χ0n) is 18.1. The van der Waals surface area contributed by atoms with Gasteiger partial charge in [0, 0.05) is 12.6 Å². The minimum absolute atomic E-state index is 0.206. The Bertz CT molecular complexity index is 1030. The maximum Gasteiger partial charge on any atom is 0.255 e. The molecule has 1 unspecified atom stereocenters. The maximum absolute atomic E-state index is 12.5. The molecule has 1 aliphatic heterocycles. The average Bonchev–Trinajstić information content (AvgIpc) is 3.45. The van der Waals surface area contributed by atoms with Crippen LogP contribution in [0.1, 0.15) is 53.2 Å². The molecular formula is C24H29N5O3. The molecule has 1 heterocycles. The van der Waals surface area contributed by atoms with Crippen LogP contribution in [0, 0.1) is 0 Å². The van der Waals surface area contributed by atoms with Crippen LogP contribution in [0.15, 0.2) is 59.9 Å². The summed E-state index contributed by atoms with van der Waals surface area (Å²) in [4.78, 5) is 24.7. The van der Waals surface area contributed by atoms with Crippen LogP contribution in [0.4, 0.5) is 0 Å². The van der Waals surface area contributed by atoms with Gasteiger partial charge in [-0.25, -0.2) is 5.43 Å². The van der Waals surface area contributed by atoms with Crippen molar-refractivity contribution in [3.05, 3.63) is 76.6 Å². The number of ether oxygens (including phenoxy) is 1. The SMILES string of the molecule is COc1ccccc1C(=O)NCc1ccc(C2NN(C3CCCC3)C(N)=C2C(N)=O)cc1. The van der Waals surface area contributed by atoms with Gasteiger partial charge in [0.2, 0.25) is 5.91 Å². The lowest BCUT2D eigenvalue weighted by Crippen LogP contribution is -2.42. The molecule has 2 aliphatic rings. The quantitative estimate of drug-likeness (QED) is 0.528. The molecule has 0 saturated heterocycles. The first-order valence-corrected chi connectivity index (χ1v) is 10.8. The zero-order chi connectivity index (χ0) is 22.7. The smallest absolute Gasteiger partial charge is 0.255 e. The molecule has 0 radical (unpaired) electrons. The second-order valence-electron chi connectivity index (χ2n) is 8.16. The summed E-state index contributed by atoms with van der Waals surface area (Å²) in [6, 6.07) is 14.7. The summed E-state index contributed by atoms with van der Waals surface area (Å²) in [7, 11) is 1.54. The number of benzene rings is 2. The monoisotopic (exact) mass is 435 g/mol. The Morgan fingerprint density at radius 2 is 1.81 bits per heavy atom. The Kier molecular flexibility index (Phi) is 6.32. The third-order valence-corrected chi connectivity index (χ3v) is 6.17. The number of hydrogen-bond acceptors (Lipinski definition) is 6. The van der Waals surface area contributed by atoms with Crippen molar-refractivity contribution in [3.8, 4) is 5.75 Å². The van der Waals surface area contributed by atoms with Gasteiger partial charge >= 0.3 is 0 Å². The highest BCUT2D eigenvalue weighted by atomic mass is 16.5. The molecule has 0 spiro atoms. The van der Waals surface area contributed by atoms with Gasteiger partial charge in [-0.3, -0.25) is 14.6 Å². The lowest BCUT2D eigenvalue weighted by atomic mass is 9.98. The largest absolute Gasteiger partial charge is 0.496 e. The second-order valence-corrected chi connectivity index (χ2v) is 8.16. The Balaban J connectivity index is 1.45. The van der Waals surface area contributed by atoms with Gasteiger partial charge in [-0.15, -0.1) is 0 Å². The highest BCUT2D eigenvalue weighted by Gasteiger charge is 2.38. The van der Waals surface area contributed by atoms with Crippen molar-refractivity contribution in [2.75, 3.05) is 7.11 Å². The van der Waals surface area contributed by atoms with Gasteiger partial charge < -0.3 is 21.5 Å². The van der Waals surface area contributed by atoms with Crippen LogP contribution >= 0.6 is 0 Å². The summed E-state index contributed by atoms with van der Waals surface area (Å²) in [6.07, 6.45) is 4.39. The fourth-order valence-electron chi connectivity index (χ4n) is 4.46. The number of nitrogens with one attached hydrogen (secondary N) is 2. The number of methoxy groups -OCH3 is 1. The van der Waals surface area contributed by atoms with Crippen LogP contribution in [0.25, 0.3) is 0 Å². The molecule has 1 aliphatic carbocycles. The number of rotatable bonds is 7. The number of nitrogens with zero attached hydrogens (tertiary/aromatic N) is 1. The van der Waals surface area contributed by atoms with E-state index >= 15 is 0 Å². The summed E-state index contributed by atoms with van der Waals surface area (Å²) in [5, 5.41) is 4.83. The average molecular weight is 436 g/mol. The molecular weight excluding hydrogens is 406 g/mol. The fourth-order valence-corrected chi connectivity index (χ4v) is 4.46. The highest BCUT2D eigenvalue weighted by Crippen LogP contribution is 2.34. The van der Waals surface area contributed by atoms with Crippen molar-refractivity contribution in [1.82, 2.24) is 15.8 Å². The molecule has 1 atom stereocenters. The summed E-state index contributed by atoms with van der Waals surface area (Å²) >= 11 is 0. The van der Waals surface area contributed by atoms with E-state index in [9.17, 15) is 9.59 Å². The van der Waals surface area contributed by atoms with Gasteiger partial charge in [0.1, 0.15) is 11.6 Å². The minimum atomic E-state index is -0.520. The molecule has 1 saturated carbocycles. The zero-order valence-corrected chi connectivity index (χ0v) is 18.1. The molecule has 1 fully saturated rings. The van der Waals surface area contributed by atoms with Gasteiger partial charge in [0.05, 0.1) is 24.3 Å². The number of nitrogens with two attached hydrogens (primary N) is 2. The van der Waals surface area contributed by atoms with Crippen molar-refractivity contribution >= 4 is 11.8 Å². The van der Waals surface area contributed by atoms with E-state index < -0.39 is 5.91 Å². The van der Waals surface area contributed by atoms with Crippen LogP contribution in [-0.2, 0) is 11.3 Å². The molecule has 8 heteroatoms. The molecule has 2 amide bonds. The number of carbonyl (C=O) groups is 2. The van der Waals surface area contributed by atoms with Gasteiger partial charge in [-0.2, -0.15) is 0 Å². The van der Waals surface area contributed by atoms with Gasteiger partial charge in [-0.1, -0.05) is 49.2 Å². The number of para-hydroxylation sites is 1. The highest BCUT2D eigenvalue weighted by molar-refractivity contribution is 5.97. The van der Waals surface area contributed by atoms with E-state index in [1.54, 1.807) is 18.2 Å². The molecule has 2 aromatic rings. The molecule has 32 heavy (non-hydrogen) atoms. The minimum Gasteiger partial charge on any atom is -0.496 e. The van der Waals surface area contributed by atoms with Gasteiger partial charge in [0.15, 0.2) is 0 Å². The number of carbonyl (C=O) groups excluding carboxylic acids is 2. The van der Waals surface area contributed by atoms with Crippen molar-refractivity contribution < 1.29 is 14.3 Å². The van der Waals surface area contributed by atoms with Crippen LogP contribution in [-0.4, -0.2) is 30.0 Å². The topological polar surface area (TPSA) is 123 Å². The van der Waals surface area contributed by atoms with Crippen LogP contribution in [0.2, 0.25) is 0 Å². The van der Waals surface area contributed by atoms with Crippen LogP contribution in [0.5, 0.6) is 5.75 Å². The molecule has 0 bridgehead atoms. The van der Waals surface area contributed by atoms with Crippen molar-refractivity contribution in [1.29, 1.82) is 0 Å². The van der Waals surface area contributed by atoms with Gasteiger partial charge in [0.25, 0.3) is 5.91 Å². The summed E-state index contributed by atoms with van der Waals surface area (Å²) in [5.74, 6) is 0.224. The molecule has 8 nitrogen and oxygen atoms in total. The third-order valence-electron chi connectivity index (χ3n) is 6.17. The van der Waals surface area contributed by atoms with Crippen molar-refractivity contribution in [3.63, 3.8) is 0 Å². The summed E-state index contributed by atoms with van der Waals surface area (Å²) in [5.41, 5.74) is 18.1. The van der Waals surface area contributed by atoms with E-state index in [1.165, 1.54) is 7.11 Å². The molecule has 4 rings (SSSR count). The van der Waals surface area contributed by atoms with Crippen LogP contribution in [0.3, 0.4) is 0 Å². The number of hydrogen-bond donors (Lipinski definition) is 4. The van der Waals surface area contributed by atoms with E-state index in [4.69, 9.17) is 16.2 Å². The molecule has 6 N–H and O–H groups in total. The summed E-state index contributed by atoms with van der Waals surface area (Å²) < 4.78 is 5.25. The van der Waals surface area contributed by atoms with Crippen molar-refractivity contribution in [2.24, 2.45) is 11.5 Å². The first-order valence-electron chi connectivity index (χ1n) is 10.8. The fraction of sp³-hybridized carbons (Fsp3) is 0.333. The van der Waals surface area contributed by atoms with E-state index in [2.05, 4.69) is 10.7 Å². The first-order chi connectivity index (χ1) is 15.5. The molecule has 0 aromatic heterocycles. The predicted molar refractivity (Wildman–Crippen MR) is 121 cm³/mol. The maximum atomic E-state index is 12.5. The van der Waals surface area contributed by atoms with Crippen LogP contribution < -0.4 is 26.9 Å². The Labute approximate surface area is 187 Å². The van der Waals surface area contributed by atoms with Crippen molar-refractivity contribution in [2.45, 2.75) is 44.3 Å². The lowest BCUT2D eigenvalue weighted by molar-refractivity contribution is -0.114. The Hall–Kier alpha value is -3.52. The molecule has 2 aromatic carbocycles. The summed E-state index contributed by atoms with van der Waals surface area (Å²) in [6.45, 7) is 0.365. The number of primary amides is 1. The van der Waals surface area contributed by atoms with Gasteiger partial charge in [-0.05, 0) is 36.1 Å².